The summed E-state index contributed by atoms with van der Waals surface area (Å²) in [5, 5.41) is 6.77. The number of aryl methyl sites for hydroxylation is 2. The van der Waals surface area contributed by atoms with Gasteiger partial charge in [0, 0.05) is 10.7 Å². The zero-order valence-electron chi connectivity index (χ0n) is 12.7. The largest absolute Gasteiger partial charge is 0.328 e. The molecule has 0 aromatic heterocycles. The highest BCUT2D eigenvalue weighted by atomic mass is 35.5. The zero-order chi connectivity index (χ0) is 15.7. The van der Waals surface area contributed by atoms with E-state index in [4.69, 9.17) is 11.6 Å². The number of hydrogen-bond donors (Lipinski definition) is 2. The van der Waals surface area contributed by atoms with Gasteiger partial charge in [-0.2, -0.15) is 0 Å². The Balaban J connectivity index is 1.71. The fourth-order valence-corrected chi connectivity index (χ4v) is 2.75. The van der Waals surface area contributed by atoms with Gasteiger partial charge < -0.3 is 10.6 Å². The summed E-state index contributed by atoms with van der Waals surface area (Å²) < 4.78 is 0. The van der Waals surface area contributed by atoms with E-state index in [1.165, 1.54) is 0 Å². The van der Waals surface area contributed by atoms with Crippen molar-refractivity contribution < 1.29 is 4.79 Å². The highest BCUT2D eigenvalue weighted by molar-refractivity contribution is 6.30. The third-order valence-electron chi connectivity index (χ3n) is 4.14. The van der Waals surface area contributed by atoms with Gasteiger partial charge in [0.2, 0.25) is 0 Å². The molecule has 0 spiro atoms. The number of carbonyl (C=O) groups is 1. The van der Waals surface area contributed by atoms with Crippen molar-refractivity contribution in [2.75, 3.05) is 5.32 Å². The first-order valence-corrected chi connectivity index (χ1v) is 7.79. The van der Waals surface area contributed by atoms with Gasteiger partial charge in [0.1, 0.15) is 0 Å². The number of anilines is 1. The van der Waals surface area contributed by atoms with Crippen LogP contribution in [0, 0.1) is 13.8 Å². The highest BCUT2D eigenvalue weighted by Crippen LogP contribution is 2.45. The summed E-state index contributed by atoms with van der Waals surface area (Å²) in [6.07, 6.45) is 1.91. The maximum atomic E-state index is 12.3. The normalized spacial score (nSPS) is 15.2. The smallest absolute Gasteiger partial charge is 0.319 e. The minimum Gasteiger partial charge on any atom is -0.328 e. The van der Waals surface area contributed by atoms with Crippen LogP contribution >= 0.6 is 11.6 Å². The van der Waals surface area contributed by atoms with Gasteiger partial charge in [-0.3, -0.25) is 0 Å². The number of urea groups is 1. The second-order valence-corrected chi connectivity index (χ2v) is 6.42. The van der Waals surface area contributed by atoms with Crippen LogP contribution in [0.25, 0.3) is 0 Å². The molecule has 2 amide bonds. The number of hydrogen-bond acceptors (Lipinski definition) is 1. The van der Waals surface area contributed by atoms with E-state index < -0.39 is 0 Å². The average molecular weight is 315 g/mol. The first kappa shape index (κ1) is 14.9. The predicted octanol–water partition coefficient (Wildman–Crippen LogP) is 4.77. The molecular formula is C18H19ClN2O. The number of rotatable bonds is 3. The quantitative estimate of drug-likeness (QED) is 0.842. The van der Waals surface area contributed by atoms with Crippen LogP contribution in [0.2, 0.25) is 5.02 Å². The maximum Gasteiger partial charge on any atom is 0.319 e. The Labute approximate surface area is 135 Å². The average Bonchev–Trinajstić information content (AvgIpc) is 3.24. The van der Waals surface area contributed by atoms with Crippen molar-refractivity contribution in [2.24, 2.45) is 0 Å². The number of nitrogens with one attached hydrogen (secondary N) is 2. The molecule has 0 unspecified atom stereocenters. The third kappa shape index (κ3) is 3.09. The van der Waals surface area contributed by atoms with Gasteiger partial charge >= 0.3 is 6.03 Å². The summed E-state index contributed by atoms with van der Waals surface area (Å²) in [4.78, 5) is 12.3. The SMILES string of the molecule is Cc1ccc(C)c(NC(=O)NC2(c3ccc(Cl)cc3)CC2)c1. The predicted molar refractivity (Wildman–Crippen MR) is 90.4 cm³/mol. The molecule has 22 heavy (non-hydrogen) atoms. The topological polar surface area (TPSA) is 41.1 Å². The molecule has 114 valence electrons. The van der Waals surface area contributed by atoms with E-state index in [0.29, 0.717) is 5.02 Å². The van der Waals surface area contributed by atoms with E-state index >= 15 is 0 Å². The van der Waals surface area contributed by atoms with E-state index in [-0.39, 0.29) is 11.6 Å². The molecule has 1 aliphatic rings. The Morgan fingerprint density at radius 2 is 1.77 bits per heavy atom. The van der Waals surface area contributed by atoms with Crippen LogP contribution in [0.4, 0.5) is 10.5 Å². The molecule has 2 aromatic carbocycles. The summed E-state index contributed by atoms with van der Waals surface area (Å²) in [5.41, 5.74) is 3.89. The fraction of sp³-hybridized carbons (Fsp3) is 0.278. The van der Waals surface area contributed by atoms with Gasteiger partial charge in [0.05, 0.1) is 5.54 Å². The number of halogens is 1. The molecule has 4 heteroatoms. The molecule has 0 aliphatic heterocycles. The van der Waals surface area contributed by atoms with Crippen molar-refractivity contribution in [2.45, 2.75) is 32.2 Å². The summed E-state index contributed by atoms with van der Waals surface area (Å²) in [7, 11) is 0. The lowest BCUT2D eigenvalue weighted by molar-refractivity contribution is 0.247. The molecule has 3 rings (SSSR count). The van der Waals surface area contributed by atoms with Crippen molar-refractivity contribution in [3.63, 3.8) is 0 Å². The van der Waals surface area contributed by atoms with E-state index in [2.05, 4.69) is 10.6 Å². The van der Waals surface area contributed by atoms with Crippen LogP contribution in [0.15, 0.2) is 42.5 Å². The molecule has 2 N–H and O–H groups in total. The van der Waals surface area contributed by atoms with Gasteiger partial charge in [-0.1, -0.05) is 35.9 Å². The second-order valence-electron chi connectivity index (χ2n) is 5.99. The van der Waals surface area contributed by atoms with E-state index in [1.54, 1.807) is 0 Å². The Hall–Kier alpha value is -2.00. The van der Waals surface area contributed by atoms with Crippen LogP contribution in [0.3, 0.4) is 0 Å². The molecule has 0 heterocycles. The van der Waals surface area contributed by atoms with Crippen LogP contribution in [0.1, 0.15) is 29.5 Å². The van der Waals surface area contributed by atoms with Crippen LogP contribution in [-0.2, 0) is 5.54 Å². The van der Waals surface area contributed by atoms with Gasteiger partial charge in [-0.15, -0.1) is 0 Å². The maximum absolute atomic E-state index is 12.3. The first-order valence-electron chi connectivity index (χ1n) is 7.41. The van der Waals surface area contributed by atoms with Crippen molar-refractivity contribution >= 4 is 23.3 Å². The minimum absolute atomic E-state index is 0.166. The molecule has 3 nitrogen and oxygen atoms in total. The minimum atomic E-state index is -0.244. The molecule has 1 fully saturated rings. The van der Waals surface area contributed by atoms with Gasteiger partial charge in [0.15, 0.2) is 0 Å². The number of amides is 2. The summed E-state index contributed by atoms with van der Waals surface area (Å²) >= 11 is 5.93. The molecule has 1 aliphatic carbocycles. The molecule has 2 aromatic rings. The lowest BCUT2D eigenvalue weighted by Gasteiger charge is -2.19. The van der Waals surface area contributed by atoms with E-state index in [1.807, 2.05) is 56.3 Å². The lowest BCUT2D eigenvalue weighted by Crippen LogP contribution is -2.38. The summed E-state index contributed by atoms with van der Waals surface area (Å²) in [6.45, 7) is 4.00. The van der Waals surface area contributed by atoms with Gasteiger partial charge in [0.25, 0.3) is 0 Å². The van der Waals surface area contributed by atoms with Gasteiger partial charge in [-0.25, -0.2) is 4.79 Å². The second kappa shape index (κ2) is 5.65. The summed E-state index contributed by atoms with van der Waals surface area (Å²) in [5.74, 6) is 0. The summed E-state index contributed by atoms with van der Waals surface area (Å²) in [6, 6.07) is 13.5. The van der Waals surface area contributed by atoms with Crippen LogP contribution in [-0.4, -0.2) is 6.03 Å². The fourth-order valence-electron chi connectivity index (χ4n) is 2.62. The Kier molecular flexibility index (Phi) is 3.83. The number of carbonyl (C=O) groups excluding carboxylic acids is 1. The molecule has 1 saturated carbocycles. The first-order chi connectivity index (χ1) is 10.5. The standard InChI is InChI=1S/C18H19ClN2O/c1-12-3-4-13(2)16(11-12)20-17(22)21-18(9-10-18)14-5-7-15(19)8-6-14/h3-8,11H,9-10H2,1-2H3,(H2,20,21,22). The molecule has 0 radical (unpaired) electrons. The molecular weight excluding hydrogens is 296 g/mol. The Bertz CT molecular complexity index is 706. The van der Waals surface area contributed by atoms with Gasteiger partial charge in [-0.05, 0) is 61.6 Å². The van der Waals surface area contributed by atoms with E-state index in [9.17, 15) is 4.79 Å². The van der Waals surface area contributed by atoms with Crippen molar-refractivity contribution in [1.29, 1.82) is 0 Å². The number of benzene rings is 2. The van der Waals surface area contributed by atoms with Crippen molar-refractivity contribution in [1.82, 2.24) is 5.32 Å². The zero-order valence-corrected chi connectivity index (χ0v) is 13.5. The van der Waals surface area contributed by atoms with Crippen LogP contribution in [0.5, 0.6) is 0 Å². The van der Waals surface area contributed by atoms with E-state index in [0.717, 1.165) is 35.2 Å². The Morgan fingerprint density at radius 1 is 1.09 bits per heavy atom. The Morgan fingerprint density at radius 3 is 2.41 bits per heavy atom. The highest BCUT2D eigenvalue weighted by Gasteiger charge is 2.45. The lowest BCUT2D eigenvalue weighted by atomic mass is 10.1. The third-order valence-corrected chi connectivity index (χ3v) is 4.39. The molecule has 0 atom stereocenters. The monoisotopic (exact) mass is 314 g/mol. The van der Waals surface area contributed by atoms with Crippen molar-refractivity contribution in [3.8, 4) is 0 Å². The molecule has 0 bridgehead atoms. The van der Waals surface area contributed by atoms with Crippen LogP contribution < -0.4 is 10.6 Å². The molecule has 0 saturated heterocycles. The van der Waals surface area contributed by atoms with Crippen molar-refractivity contribution in [3.05, 3.63) is 64.2 Å².